The molecule has 2 aromatic carbocycles. The van der Waals surface area contributed by atoms with Gasteiger partial charge in [-0.25, -0.2) is 4.79 Å². The predicted molar refractivity (Wildman–Crippen MR) is 92.6 cm³/mol. The van der Waals surface area contributed by atoms with Crippen molar-refractivity contribution >= 4 is 23.6 Å². The zero-order valence-electron chi connectivity index (χ0n) is 14.3. The van der Waals surface area contributed by atoms with Crippen molar-refractivity contribution in [2.75, 3.05) is 18.7 Å². The van der Waals surface area contributed by atoms with Crippen LogP contribution in [0.5, 0.6) is 11.5 Å². The van der Waals surface area contributed by atoms with Gasteiger partial charge in [-0.3, -0.25) is 4.79 Å². The third-order valence-corrected chi connectivity index (χ3v) is 3.66. The molecule has 0 spiro atoms. The lowest BCUT2D eigenvalue weighted by atomic mass is 10.1. The minimum absolute atomic E-state index is 0.122. The van der Waals surface area contributed by atoms with Crippen molar-refractivity contribution in [2.45, 2.75) is 6.18 Å². The number of hydrogen-bond acceptors (Lipinski definition) is 5. The first-order valence-corrected chi connectivity index (χ1v) is 8.03. The Labute approximate surface area is 157 Å². The number of esters is 1. The Balaban J connectivity index is 1.53. The maximum absolute atomic E-state index is 12.9. The molecule has 1 N–H and O–H groups in total. The number of halogens is 3. The summed E-state index contributed by atoms with van der Waals surface area (Å²) in [5.74, 6) is -0.577. The van der Waals surface area contributed by atoms with Gasteiger partial charge in [0.05, 0.1) is 11.3 Å². The van der Waals surface area contributed by atoms with Crippen molar-refractivity contribution in [3.05, 3.63) is 59.7 Å². The van der Waals surface area contributed by atoms with Crippen LogP contribution in [0.2, 0.25) is 0 Å². The summed E-state index contributed by atoms with van der Waals surface area (Å²) in [6.07, 6.45) is -2.08. The summed E-state index contributed by atoms with van der Waals surface area (Å²) in [5.41, 5.74) is -0.755. The SMILES string of the molecule is O=C(COC(=O)C=Cc1ccc2c(c1)OCO2)Nc1ccccc1C(F)(F)F. The number of para-hydroxylation sites is 1. The highest BCUT2D eigenvalue weighted by atomic mass is 19.4. The predicted octanol–water partition coefficient (Wildman–Crippen LogP) is 3.63. The number of hydrogen-bond donors (Lipinski definition) is 1. The molecule has 0 fully saturated rings. The smallest absolute Gasteiger partial charge is 0.418 e. The molecule has 2 aromatic rings. The van der Waals surface area contributed by atoms with Gasteiger partial charge in [0.1, 0.15) is 0 Å². The zero-order valence-corrected chi connectivity index (χ0v) is 14.3. The average molecular weight is 393 g/mol. The summed E-state index contributed by atoms with van der Waals surface area (Å²) in [6, 6.07) is 9.55. The summed E-state index contributed by atoms with van der Waals surface area (Å²) in [5, 5.41) is 2.08. The number of anilines is 1. The molecule has 9 heteroatoms. The molecule has 6 nitrogen and oxygen atoms in total. The first-order chi connectivity index (χ1) is 13.3. The van der Waals surface area contributed by atoms with Crippen molar-refractivity contribution in [2.24, 2.45) is 0 Å². The Kier molecular flexibility index (Phi) is 5.53. The van der Waals surface area contributed by atoms with Crippen LogP contribution in [-0.4, -0.2) is 25.3 Å². The molecule has 0 aliphatic carbocycles. The molecule has 1 aliphatic heterocycles. The van der Waals surface area contributed by atoms with Gasteiger partial charge in [-0.2, -0.15) is 13.2 Å². The largest absolute Gasteiger partial charge is 0.454 e. The second kappa shape index (κ2) is 8.03. The summed E-state index contributed by atoms with van der Waals surface area (Å²) in [7, 11) is 0. The Morgan fingerprint density at radius 2 is 1.86 bits per heavy atom. The van der Waals surface area contributed by atoms with Crippen LogP contribution in [-0.2, 0) is 20.5 Å². The quantitative estimate of drug-likeness (QED) is 0.620. The number of fused-ring (bicyclic) bond motifs is 1. The van der Waals surface area contributed by atoms with E-state index in [4.69, 9.17) is 14.2 Å². The highest BCUT2D eigenvalue weighted by Crippen LogP contribution is 2.34. The fourth-order valence-corrected chi connectivity index (χ4v) is 2.39. The number of rotatable bonds is 5. The van der Waals surface area contributed by atoms with Crippen molar-refractivity contribution in [3.8, 4) is 11.5 Å². The molecule has 146 valence electrons. The highest BCUT2D eigenvalue weighted by molar-refractivity contribution is 5.95. The van der Waals surface area contributed by atoms with Gasteiger partial charge in [0.2, 0.25) is 6.79 Å². The molecule has 0 atom stereocenters. The molecule has 1 aliphatic rings. The van der Waals surface area contributed by atoms with Gasteiger partial charge < -0.3 is 19.5 Å². The topological polar surface area (TPSA) is 73.9 Å². The van der Waals surface area contributed by atoms with Crippen LogP contribution in [0.4, 0.5) is 18.9 Å². The number of carbonyl (C=O) groups excluding carboxylic acids is 2. The number of carbonyl (C=O) groups is 2. The van der Waals surface area contributed by atoms with Crippen molar-refractivity contribution in [3.63, 3.8) is 0 Å². The lowest BCUT2D eigenvalue weighted by molar-refractivity contribution is -0.142. The minimum Gasteiger partial charge on any atom is -0.454 e. The molecule has 0 saturated heterocycles. The Bertz CT molecular complexity index is 924. The van der Waals surface area contributed by atoms with Gasteiger partial charge in [0, 0.05) is 6.08 Å². The highest BCUT2D eigenvalue weighted by Gasteiger charge is 2.33. The van der Waals surface area contributed by atoms with E-state index in [0.717, 1.165) is 18.2 Å². The van der Waals surface area contributed by atoms with Crippen LogP contribution in [0.3, 0.4) is 0 Å². The van der Waals surface area contributed by atoms with Crippen molar-refractivity contribution < 1.29 is 37.0 Å². The van der Waals surface area contributed by atoms with Crippen LogP contribution < -0.4 is 14.8 Å². The van der Waals surface area contributed by atoms with Gasteiger partial charge in [-0.15, -0.1) is 0 Å². The van der Waals surface area contributed by atoms with Crippen LogP contribution in [0, 0.1) is 0 Å². The van der Waals surface area contributed by atoms with Gasteiger partial charge in [-0.05, 0) is 35.9 Å². The molecule has 0 unspecified atom stereocenters. The summed E-state index contributed by atoms with van der Waals surface area (Å²) < 4.78 is 53.8. The van der Waals surface area contributed by atoms with E-state index in [1.54, 1.807) is 18.2 Å². The van der Waals surface area contributed by atoms with Gasteiger partial charge in [0.15, 0.2) is 18.1 Å². The van der Waals surface area contributed by atoms with Crippen LogP contribution in [0.15, 0.2) is 48.5 Å². The minimum atomic E-state index is -4.62. The summed E-state index contributed by atoms with van der Waals surface area (Å²) in [6.45, 7) is -0.604. The Morgan fingerprint density at radius 1 is 1.11 bits per heavy atom. The van der Waals surface area contributed by atoms with E-state index in [1.807, 2.05) is 0 Å². The average Bonchev–Trinajstić information content (AvgIpc) is 3.12. The van der Waals surface area contributed by atoms with Crippen LogP contribution in [0.1, 0.15) is 11.1 Å². The van der Waals surface area contributed by atoms with Crippen molar-refractivity contribution in [1.82, 2.24) is 0 Å². The molecule has 3 rings (SSSR count). The molecule has 0 aromatic heterocycles. The molecule has 0 bridgehead atoms. The van der Waals surface area contributed by atoms with Gasteiger partial charge in [0.25, 0.3) is 5.91 Å². The van der Waals surface area contributed by atoms with Gasteiger partial charge in [-0.1, -0.05) is 18.2 Å². The molecule has 0 radical (unpaired) electrons. The number of ether oxygens (including phenoxy) is 3. The standard InChI is InChI=1S/C19H14F3NO5/c20-19(21,22)13-3-1-2-4-14(13)23-17(24)10-26-18(25)8-6-12-5-7-15-16(9-12)28-11-27-15/h1-9H,10-11H2,(H,23,24). The molecule has 0 saturated carbocycles. The maximum atomic E-state index is 12.9. The lowest BCUT2D eigenvalue weighted by Crippen LogP contribution is -2.22. The van der Waals surface area contributed by atoms with Gasteiger partial charge >= 0.3 is 12.1 Å². The maximum Gasteiger partial charge on any atom is 0.418 e. The fourth-order valence-electron chi connectivity index (χ4n) is 2.39. The Hall–Kier alpha value is -3.49. The summed E-state index contributed by atoms with van der Waals surface area (Å²) >= 11 is 0. The number of benzene rings is 2. The second-order valence-corrected chi connectivity index (χ2v) is 5.65. The van der Waals surface area contributed by atoms with E-state index in [9.17, 15) is 22.8 Å². The van der Waals surface area contributed by atoms with Crippen LogP contribution in [0.25, 0.3) is 6.08 Å². The second-order valence-electron chi connectivity index (χ2n) is 5.65. The molecule has 28 heavy (non-hydrogen) atoms. The molecule has 1 amide bonds. The molecular formula is C19H14F3NO5. The van der Waals surface area contributed by atoms with Crippen molar-refractivity contribution in [1.29, 1.82) is 0 Å². The molecule has 1 heterocycles. The lowest BCUT2D eigenvalue weighted by Gasteiger charge is -2.13. The first kappa shape index (κ1) is 19.3. The zero-order chi connectivity index (χ0) is 20.1. The van der Waals surface area contributed by atoms with Crippen LogP contribution >= 0.6 is 0 Å². The van der Waals surface area contributed by atoms with E-state index >= 15 is 0 Å². The third kappa shape index (κ3) is 4.81. The number of nitrogens with one attached hydrogen (secondary N) is 1. The summed E-state index contributed by atoms with van der Waals surface area (Å²) in [4.78, 5) is 23.5. The third-order valence-electron chi connectivity index (χ3n) is 3.66. The van der Waals surface area contributed by atoms with E-state index in [0.29, 0.717) is 17.1 Å². The normalized spacial score (nSPS) is 12.8. The van der Waals surface area contributed by atoms with E-state index in [2.05, 4.69) is 5.32 Å². The van der Waals surface area contributed by atoms with E-state index < -0.39 is 35.9 Å². The fraction of sp³-hybridized carbons (Fsp3) is 0.158. The molecular weight excluding hydrogens is 379 g/mol. The van der Waals surface area contributed by atoms with E-state index in [1.165, 1.54) is 18.2 Å². The number of alkyl halides is 3. The number of amides is 1. The van der Waals surface area contributed by atoms with E-state index in [-0.39, 0.29) is 6.79 Å². The monoisotopic (exact) mass is 393 g/mol. The Morgan fingerprint density at radius 3 is 2.64 bits per heavy atom. The first-order valence-electron chi connectivity index (χ1n) is 8.03.